The number of halogens is 1. The van der Waals surface area contributed by atoms with Gasteiger partial charge in [-0.2, -0.15) is 0 Å². The van der Waals surface area contributed by atoms with Crippen molar-refractivity contribution in [1.82, 2.24) is 0 Å². The average molecular weight is 164 g/mol. The summed E-state index contributed by atoms with van der Waals surface area (Å²) >= 11 is 0. The molecule has 0 saturated carbocycles. The maximum atomic E-state index is 7.17. The van der Waals surface area contributed by atoms with Crippen LogP contribution in [-0.2, 0) is 19.5 Å². The first kappa shape index (κ1) is 15.8. The summed E-state index contributed by atoms with van der Waals surface area (Å²) in [6, 6.07) is 0. The summed E-state index contributed by atoms with van der Waals surface area (Å²) in [7, 11) is -2.17. The Bertz CT molecular complexity index is 15.5. The molecule has 0 heterocycles. The van der Waals surface area contributed by atoms with Gasteiger partial charge in [0.15, 0.2) is 0 Å². The van der Waals surface area contributed by atoms with Gasteiger partial charge in [-0.15, -0.1) is 12.4 Å². The van der Waals surface area contributed by atoms with E-state index in [0.717, 1.165) is 0 Å². The topological polar surface area (TPSA) is 60.7 Å². The first-order chi connectivity index (χ1) is 1.73. The molecule has 0 amide bonds. The van der Waals surface area contributed by atoms with Crippen LogP contribution in [0.4, 0.5) is 0 Å². The van der Waals surface area contributed by atoms with Crippen molar-refractivity contribution < 1.29 is 34.6 Å². The van der Waals surface area contributed by atoms with E-state index in [9.17, 15) is 0 Å². The predicted octanol–water partition coefficient (Wildman–Crippen LogP) is -1.63. The molecule has 0 aromatic heterocycles. The van der Waals surface area contributed by atoms with Crippen molar-refractivity contribution in [2.45, 2.75) is 0 Å². The fraction of sp³-hybridized carbons (Fsp3) is 0. The van der Waals surface area contributed by atoms with Gasteiger partial charge < -0.3 is 15.1 Å². The smallest absolute Gasteiger partial charge is 0.402 e. The summed E-state index contributed by atoms with van der Waals surface area (Å²) in [5.74, 6) is 0. The molecule has 0 spiro atoms. The second kappa shape index (κ2) is 9.29. The Labute approximate surface area is 54.7 Å². The fourth-order valence-electron chi connectivity index (χ4n) is 0. The molecule has 3 N–H and O–H groups in total. The van der Waals surface area contributed by atoms with Crippen LogP contribution in [0.1, 0.15) is 0 Å². The van der Waals surface area contributed by atoms with Crippen LogP contribution < -0.4 is 0 Å². The Morgan fingerprint density at radius 1 is 1.00 bits per heavy atom. The minimum atomic E-state index is -2.17. The SMILES string of the molecule is Cl.OB(O)O.[Zn]. The molecule has 6 heteroatoms. The van der Waals surface area contributed by atoms with E-state index in [1.807, 2.05) is 0 Å². The van der Waals surface area contributed by atoms with Gasteiger partial charge >= 0.3 is 7.32 Å². The van der Waals surface area contributed by atoms with Gasteiger partial charge in [0.05, 0.1) is 0 Å². The van der Waals surface area contributed by atoms with Gasteiger partial charge in [0.2, 0.25) is 0 Å². The monoisotopic (exact) mass is 162 g/mol. The van der Waals surface area contributed by atoms with E-state index < -0.39 is 7.32 Å². The number of hydrogen-bond donors (Lipinski definition) is 3. The predicted molar refractivity (Wildman–Crippen MR) is 19.7 cm³/mol. The van der Waals surface area contributed by atoms with Crippen LogP contribution in [-0.4, -0.2) is 22.4 Å². The van der Waals surface area contributed by atoms with Crippen molar-refractivity contribution in [3.05, 3.63) is 0 Å². The quantitative estimate of drug-likeness (QED) is 0.376. The zero-order valence-corrected chi connectivity index (χ0v) is 6.82. The van der Waals surface area contributed by atoms with E-state index in [4.69, 9.17) is 15.1 Å². The molecule has 3 nitrogen and oxygen atoms in total. The minimum absolute atomic E-state index is 0. The van der Waals surface area contributed by atoms with Crippen LogP contribution >= 0.6 is 12.4 Å². The van der Waals surface area contributed by atoms with Gasteiger partial charge in [-0.1, -0.05) is 0 Å². The molecule has 0 fully saturated rings. The van der Waals surface area contributed by atoms with Crippen LogP contribution in [0.5, 0.6) is 0 Å². The summed E-state index contributed by atoms with van der Waals surface area (Å²) in [5.41, 5.74) is 0. The fourth-order valence-corrected chi connectivity index (χ4v) is 0. The Morgan fingerprint density at radius 3 is 1.00 bits per heavy atom. The van der Waals surface area contributed by atoms with Crippen LogP contribution in [0.3, 0.4) is 0 Å². The van der Waals surface area contributed by atoms with Crippen molar-refractivity contribution in [3.63, 3.8) is 0 Å². The summed E-state index contributed by atoms with van der Waals surface area (Å²) in [4.78, 5) is 0. The van der Waals surface area contributed by atoms with Gasteiger partial charge in [-0.25, -0.2) is 0 Å². The number of rotatable bonds is 0. The van der Waals surface area contributed by atoms with Crippen LogP contribution in [0, 0.1) is 0 Å². The van der Waals surface area contributed by atoms with Crippen LogP contribution in [0.2, 0.25) is 0 Å². The molecule has 0 bridgehead atoms. The van der Waals surface area contributed by atoms with Crippen molar-refractivity contribution in [1.29, 1.82) is 0 Å². The molecule has 0 aromatic rings. The van der Waals surface area contributed by atoms with E-state index in [-0.39, 0.29) is 31.9 Å². The Morgan fingerprint density at radius 2 is 1.00 bits per heavy atom. The average Bonchev–Trinajstić information content (AvgIpc) is 0.811. The molecule has 0 aliphatic heterocycles. The van der Waals surface area contributed by atoms with Gasteiger partial charge in [0.25, 0.3) is 0 Å². The maximum Gasteiger partial charge on any atom is 0.631 e. The molecule has 0 atom stereocenters. The second-order valence-electron chi connectivity index (χ2n) is 0.346. The summed E-state index contributed by atoms with van der Waals surface area (Å²) in [6.45, 7) is 0. The number of hydrogen-bond acceptors (Lipinski definition) is 3. The third kappa shape index (κ3) is 98.2. The Balaban J connectivity index is -0.0000000450. The standard InChI is InChI=1S/BH3O3.ClH.Zn/c2-1(3)4;;/h2-4H;1H;. The van der Waals surface area contributed by atoms with Crippen molar-refractivity contribution >= 4 is 19.7 Å². The molecular formula is H4BClO3Zn. The molecule has 6 heavy (non-hydrogen) atoms. The molecular weight excluding hydrogens is 160 g/mol. The van der Waals surface area contributed by atoms with E-state index in [0.29, 0.717) is 0 Å². The first-order valence-electron chi connectivity index (χ1n) is 0.775. The van der Waals surface area contributed by atoms with E-state index in [1.54, 1.807) is 0 Å². The van der Waals surface area contributed by atoms with Gasteiger partial charge in [-0.05, 0) is 0 Å². The minimum Gasteiger partial charge on any atom is -0.402 e. The van der Waals surface area contributed by atoms with Crippen LogP contribution in [0.25, 0.3) is 0 Å². The molecule has 34 valence electrons. The van der Waals surface area contributed by atoms with Gasteiger partial charge in [0, 0.05) is 19.5 Å². The van der Waals surface area contributed by atoms with E-state index in [2.05, 4.69) is 0 Å². The summed E-state index contributed by atoms with van der Waals surface area (Å²) in [5, 5.41) is 21.5. The maximum absolute atomic E-state index is 7.17. The third-order valence-corrected chi connectivity index (χ3v) is 0. The molecule has 0 radical (unpaired) electrons. The molecule has 0 saturated heterocycles. The molecule has 0 rings (SSSR count). The molecule has 0 unspecified atom stereocenters. The van der Waals surface area contributed by atoms with Crippen molar-refractivity contribution in [2.24, 2.45) is 0 Å². The van der Waals surface area contributed by atoms with E-state index in [1.165, 1.54) is 0 Å². The largest absolute Gasteiger partial charge is 0.631 e. The normalized spacial score (nSPS) is 4.50. The molecule has 0 aliphatic rings. The van der Waals surface area contributed by atoms with E-state index >= 15 is 0 Å². The Kier molecular flexibility index (Phi) is 24.5. The first-order valence-corrected chi connectivity index (χ1v) is 0.775. The van der Waals surface area contributed by atoms with Crippen molar-refractivity contribution in [2.75, 3.05) is 0 Å². The molecule has 0 aromatic carbocycles. The van der Waals surface area contributed by atoms with Crippen molar-refractivity contribution in [3.8, 4) is 0 Å². The Hall–Kier alpha value is 0.858. The van der Waals surface area contributed by atoms with Gasteiger partial charge in [0.1, 0.15) is 0 Å². The zero-order valence-electron chi connectivity index (χ0n) is 3.03. The molecule has 0 aliphatic carbocycles. The third-order valence-electron chi connectivity index (χ3n) is 0. The summed E-state index contributed by atoms with van der Waals surface area (Å²) < 4.78 is 0. The second-order valence-corrected chi connectivity index (χ2v) is 0.346. The summed E-state index contributed by atoms with van der Waals surface area (Å²) in [6.07, 6.45) is 0. The van der Waals surface area contributed by atoms with Gasteiger partial charge in [-0.3, -0.25) is 0 Å². The van der Waals surface area contributed by atoms with Crippen LogP contribution in [0.15, 0.2) is 0 Å². The zero-order chi connectivity index (χ0) is 3.58.